The Hall–Kier alpha value is -0.860. The van der Waals surface area contributed by atoms with E-state index in [1.807, 2.05) is 0 Å². The van der Waals surface area contributed by atoms with Crippen LogP contribution in [0.5, 0.6) is 0 Å². The summed E-state index contributed by atoms with van der Waals surface area (Å²) in [7, 11) is 0. The molecule has 0 spiro atoms. The second-order valence-corrected chi connectivity index (χ2v) is 6.61. The van der Waals surface area contributed by atoms with Crippen molar-refractivity contribution in [3.63, 3.8) is 0 Å². The highest BCUT2D eigenvalue weighted by Gasteiger charge is 2.32. The summed E-state index contributed by atoms with van der Waals surface area (Å²) in [5, 5.41) is 0. The van der Waals surface area contributed by atoms with Crippen molar-refractivity contribution in [2.24, 2.45) is 17.6 Å². The van der Waals surface area contributed by atoms with E-state index in [4.69, 9.17) is 5.73 Å². The summed E-state index contributed by atoms with van der Waals surface area (Å²) in [6.07, 6.45) is 4.02. The van der Waals surface area contributed by atoms with Crippen LogP contribution in [0.25, 0.3) is 0 Å². The summed E-state index contributed by atoms with van der Waals surface area (Å²) in [5.41, 5.74) is 7.89. The first-order valence-corrected chi connectivity index (χ1v) is 8.18. The Labute approximate surface area is 124 Å². The smallest absolute Gasteiger partial charge is 0.0455 e. The van der Waals surface area contributed by atoms with E-state index in [9.17, 15) is 0 Å². The van der Waals surface area contributed by atoms with Crippen molar-refractivity contribution in [2.75, 3.05) is 13.1 Å². The molecule has 1 fully saturated rings. The van der Waals surface area contributed by atoms with Crippen LogP contribution in [-0.2, 0) is 0 Å². The molecule has 0 amide bonds. The molecule has 2 nitrogen and oxygen atoms in total. The van der Waals surface area contributed by atoms with Gasteiger partial charge in [-0.15, -0.1) is 0 Å². The molecule has 2 heteroatoms. The van der Waals surface area contributed by atoms with E-state index >= 15 is 0 Å². The lowest BCUT2D eigenvalue weighted by Crippen LogP contribution is -2.47. The van der Waals surface area contributed by atoms with Gasteiger partial charge in [-0.05, 0) is 43.2 Å². The highest BCUT2D eigenvalue weighted by atomic mass is 15.2. The van der Waals surface area contributed by atoms with E-state index in [1.54, 1.807) is 0 Å². The van der Waals surface area contributed by atoms with Crippen molar-refractivity contribution >= 4 is 0 Å². The second-order valence-electron chi connectivity index (χ2n) is 6.61. The van der Waals surface area contributed by atoms with Gasteiger partial charge >= 0.3 is 0 Å². The summed E-state index contributed by atoms with van der Waals surface area (Å²) < 4.78 is 0. The molecule has 2 N–H and O–H groups in total. The van der Waals surface area contributed by atoms with Crippen LogP contribution in [0, 0.1) is 11.8 Å². The molecular weight excluding hydrogens is 244 g/mol. The van der Waals surface area contributed by atoms with Gasteiger partial charge in [0.1, 0.15) is 0 Å². The van der Waals surface area contributed by atoms with Gasteiger partial charge in [0, 0.05) is 18.6 Å². The lowest BCUT2D eigenvalue weighted by Gasteiger charge is -2.38. The molecule has 0 heterocycles. The van der Waals surface area contributed by atoms with Gasteiger partial charge in [-0.2, -0.15) is 0 Å². The highest BCUT2D eigenvalue weighted by molar-refractivity contribution is 5.20. The molecule has 20 heavy (non-hydrogen) atoms. The fourth-order valence-electron chi connectivity index (χ4n) is 3.22. The van der Waals surface area contributed by atoms with Crippen molar-refractivity contribution in [2.45, 2.75) is 52.1 Å². The molecule has 0 bridgehead atoms. The average Bonchev–Trinajstić information content (AvgIpc) is 3.23. The summed E-state index contributed by atoms with van der Waals surface area (Å²) in [6.45, 7) is 9.29. The van der Waals surface area contributed by atoms with Crippen LogP contribution in [0.2, 0.25) is 0 Å². The van der Waals surface area contributed by atoms with E-state index < -0.39 is 0 Å². The van der Waals surface area contributed by atoms with Gasteiger partial charge in [0.05, 0.1) is 0 Å². The van der Waals surface area contributed by atoms with Crippen molar-refractivity contribution < 1.29 is 0 Å². The van der Waals surface area contributed by atoms with Gasteiger partial charge in [-0.3, -0.25) is 4.90 Å². The number of hydrogen-bond acceptors (Lipinski definition) is 2. The Morgan fingerprint density at radius 1 is 1.20 bits per heavy atom. The first-order valence-electron chi connectivity index (χ1n) is 8.18. The van der Waals surface area contributed by atoms with E-state index in [0.717, 1.165) is 5.92 Å². The minimum atomic E-state index is 0.112. The maximum atomic E-state index is 6.63. The normalized spacial score (nSPS) is 18.5. The number of rotatable bonds is 8. The number of hydrogen-bond donors (Lipinski definition) is 1. The fraction of sp³-hybridized carbons (Fsp3) is 0.667. The highest BCUT2D eigenvalue weighted by Crippen LogP contribution is 2.33. The maximum Gasteiger partial charge on any atom is 0.0455 e. The first kappa shape index (κ1) is 15.5. The third kappa shape index (κ3) is 4.07. The van der Waals surface area contributed by atoms with Crippen LogP contribution in [-0.4, -0.2) is 24.0 Å². The molecule has 0 aliphatic heterocycles. The molecule has 2 unspecified atom stereocenters. The zero-order valence-corrected chi connectivity index (χ0v) is 13.3. The molecule has 0 saturated heterocycles. The molecule has 1 aromatic carbocycles. The molecule has 1 saturated carbocycles. The molecular formula is C18H30N2. The van der Waals surface area contributed by atoms with Crippen LogP contribution >= 0.6 is 0 Å². The molecule has 1 aliphatic rings. The Balaban J connectivity index is 2.14. The Bertz CT molecular complexity index is 384. The van der Waals surface area contributed by atoms with Crippen LogP contribution in [0.15, 0.2) is 30.3 Å². The summed E-state index contributed by atoms with van der Waals surface area (Å²) in [5.74, 6) is 1.50. The van der Waals surface area contributed by atoms with Crippen molar-refractivity contribution in [3.8, 4) is 0 Å². The van der Waals surface area contributed by atoms with Gasteiger partial charge in [0.25, 0.3) is 0 Å². The average molecular weight is 274 g/mol. The fourth-order valence-corrected chi connectivity index (χ4v) is 3.22. The van der Waals surface area contributed by atoms with Crippen LogP contribution < -0.4 is 5.73 Å². The Kier molecular flexibility index (Phi) is 5.62. The zero-order chi connectivity index (χ0) is 14.5. The lowest BCUT2D eigenvalue weighted by atomic mass is 9.90. The van der Waals surface area contributed by atoms with E-state index in [1.165, 1.54) is 37.9 Å². The maximum absolute atomic E-state index is 6.63. The SMILES string of the molecule is CCCN(CC1CC1)C(C(C)C)C(N)c1ccccc1. The molecule has 1 aromatic rings. The number of nitrogens with two attached hydrogens (primary N) is 1. The standard InChI is InChI=1S/C18H30N2/c1-4-12-20(13-15-10-11-15)18(14(2)3)17(19)16-8-6-5-7-9-16/h5-9,14-15,17-18H,4,10-13,19H2,1-3H3. The predicted molar refractivity (Wildman–Crippen MR) is 86.6 cm³/mol. The monoisotopic (exact) mass is 274 g/mol. The van der Waals surface area contributed by atoms with Gasteiger partial charge in [0.15, 0.2) is 0 Å². The Morgan fingerprint density at radius 3 is 2.35 bits per heavy atom. The van der Waals surface area contributed by atoms with Crippen molar-refractivity contribution in [1.82, 2.24) is 4.90 Å². The molecule has 112 valence electrons. The third-order valence-electron chi connectivity index (χ3n) is 4.36. The minimum Gasteiger partial charge on any atom is -0.323 e. The molecule has 0 aromatic heterocycles. The first-order chi connectivity index (χ1) is 9.63. The van der Waals surface area contributed by atoms with E-state index in [0.29, 0.717) is 12.0 Å². The lowest BCUT2D eigenvalue weighted by molar-refractivity contribution is 0.124. The third-order valence-corrected chi connectivity index (χ3v) is 4.36. The molecule has 2 rings (SSSR count). The largest absolute Gasteiger partial charge is 0.323 e. The quantitative estimate of drug-likeness (QED) is 0.780. The topological polar surface area (TPSA) is 29.3 Å². The zero-order valence-electron chi connectivity index (χ0n) is 13.3. The molecule has 2 atom stereocenters. The summed E-state index contributed by atoms with van der Waals surface area (Å²) in [4.78, 5) is 2.65. The van der Waals surface area contributed by atoms with Crippen LogP contribution in [0.4, 0.5) is 0 Å². The van der Waals surface area contributed by atoms with E-state index in [2.05, 4.69) is 56.0 Å². The second kappa shape index (κ2) is 7.24. The predicted octanol–water partition coefficient (Wildman–Crippen LogP) is 3.83. The van der Waals surface area contributed by atoms with Gasteiger partial charge < -0.3 is 5.73 Å². The minimum absolute atomic E-state index is 0.112. The number of benzene rings is 1. The van der Waals surface area contributed by atoms with Crippen LogP contribution in [0.1, 0.15) is 51.6 Å². The van der Waals surface area contributed by atoms with Gasteiger partial charge in [-0.1, -0.05) is 51.1 Å². The molecule has 0 radical (unpaired) electrons. The summed E-state index contributed by atoms with van der Waals surface area (Å²) >= 11 is 0. The van der Waals surface area contributed by atoms with Gasteiger partial charge in [0.2, 0.25) is 0 Å². The van der Waals surface area contributed by atoms with Crippen LogP contribution in [0.3, 0.4) is 0 Å². The van der Waals surface area contributed by atoms with Crippen molar-refractivity contribution in [1.29, 1.82) is 0 Å². The summed E-state index contributed by atoms with van der Waals surface area (Å²) in [6, 6.07) is 11.1. The Morgan fingerprint density at radius 2 is 1.85 bits per heavy atom. The number of nitrogens with zero attached hydrogens (tertiary/aromatic N) is 1. The van der Waals surface area contributed by atoms with E-state index in [-0.39, 0.29) is 6.04 Å². The molecule has 1 aliphatic carbocycles. The van der Waals surface area contributed by atoms with Gasteiger partial charge in [-0.25, -0.2) is 0 Å². The van der Waals surface area contributed by atoms with Crippen molar-refractivity contribution in [3.05, 3.63) is 35.9 Å².